The molecule has 0 bridgehead atoms. The number of benzene rings is 2. The number of thioether (sulfide) groups is 1. The van der Waals surface area contributed by atoms with Gasteiger partial charge in [-0.2, -0.15) is 17.0 Å². The second kappa shape index (κ2) is 10.2. The third-order valence-electron chi connectivity index (χ3n) is 3.87. The van der Waals surface area contributed by atoms with Crippen molar-refractivity contribution in [3.8, 4) is 11.8 Å². The molecule has 1 atom stereocenters. The molecule has 27 heavy (non-hydrogen) atoms. The van der Waals surface area contributed by atoms with Crippen molar-refractivity contribution in [1.29, 1.82) is 5.26 Å². The Balaban J connectivity index is 2.06. The van der Waals surface area contributed by atoms with Crippen LogP contribution in [0.1, 0.15) is 22.3 Å². The van der Waals surface area contributed by atoms with Crippen LogP contribution in [0.4, 0.5) is 5.69 Å². The summed E-state index contributed by atoms with van der Waals surface area (Å²) >= 11 is 1.60. The molecule has 7 heteroatoms. The fourth-order valence-corrected chi connectivity index (χ4v) is 2.82. The predicted octanol–water partition coefficient (Wildman–Crippen LogP) is 3.06. The minimum absolute atomic E-state index is 0.296. The molecule has 0 spiro atoms. The van der Waals surface area contributed by atoms with Gasteiger partial charge in [0.2, 0.25) is 5.91 Å². The SMILES string of the molecule is COc1ccc(C(=O)N[C@H](CCSC)C(=O)Nc2ccc(C#N)cc2)cc1. The topological polar surface area (TPSA) is 91.2 Å². The zero-order valence-electron chi connectivity index (χ0n) is 15.2. The van der Waals surface area contributed by atoms with E-state index >= 15 is 0 Å². The Morgan fingerprint density at radius 3 is 2.37 bits per heavy atom. The molecule has 140 valence electrons. The molecule has 0 fully saturated rings. The van der Waals surface area contributed by atoms with Crippen molar-refractivity contribution in [2.24, 2.45) is 0 Å². The second-order valence-electron chi connectivity index (χ2n) is 5.71. The highest BCUT2D eigenvalue weighted by atomic mass is 32.2. The van der Waals surface area contributed by atoms with Gasteiger partial charge in [-0.3, -0.25) is 9.59 Å². The summed E-state index contributed by atoms with van der Waals surface area (Å²) in [5.74, 6) is 0.771. The molecular formula is C20H21N3O3S. The average molecular weight is 383 g/mol. The Labute approximate surface area is 162 Å². The number of hydrogen-bond acceptors (Lipinski definition) is 5. The first-order valence-electron chi connectivity index (χ1n) is 8.32. The summed E-state index contributed by atoms with van der Waals surface area (Å²) in [7, 11) is 1.56. The number of rotatable bonds is 8. The molecule has 0 saturated heterocycles. The fraction of sp³-hybridized carbons (Fsp3) is 0.250. The molecule has 2 aromatic rings. The van der Waals surface area contributed by atoms with Crippen LogP contribution in [0.25, 0.3) is 0 Å². The summed E-state index contributed by atoms with van der Waals surface area (Å²) in [5.41, 5.74) is 1.54. The summed E-state index contributed by atoms with van der Waals surface area (Å²) in [5, 5.41) is 14.4. The van der Waals surface area contributed by atoms with Gasteiger partial charge in [0.05, 0.1) is 18.7 Å². The number of nitrogens with zero attached hydrogens (tertiary/aromatic N) is 1. The molecule has 0 aliphatic rings. The average Bonchev–Trinajstić information content (AvgIpc) is 2.71. The summed E-state index contributed by atoms with van der Waals surface area (Å²) < 4.78 is 5.09. The largest absolute Gasteiger partial charge is 0.497 e. The monoisotopic (exact) mass is 383 g/mol. The number of nitrogens with one attached hydrogen (secondary N) is 2. The van der Waals surface area contributed by atoms with E-state index in [1.165, 1.54) is 0 Å². The number of carbonyl (C=O) groups excluding carboxylic acids is 2. The van der Waals surface area contributed by atoms with Crippen LogP contribution in [0, 0.1) is 11.3 Å². The van der Waals surface area contributed by atoms with Crippen molar-refractivity contribution in [2.75, 3.05) is 24.4 Å². The number of carbonyl (C=O) groups is 2. The molecule has 0 unspecified atom stereocenters. The van der Waals surface area contributed by atoms with Gasteiger partial charge in [0, 0.05) is 11.3 Å². The van der Waals surface area contributed by atoms with Gasteiger partial charge < -0.3 is 15.4 Å². The van der Waals surface area contributed by atoms with Gasteiger partial charge in [-0.25, -0.2) is 0 Å². The van der Waals surface area contributed by atoms with Crippen molar-refractivity contribution >= 4 is 29.3 Å². The number of nitriles is 1. The van der Waals surface area contributed by atoms with Crippen LogP contribution in [-0.4, -0.2) is 37.0 Å². The molecule has 2 aromatic carbocycles. The van der Waals surface area contributed by atoms with Crippen LogP contribution >= 0.6 is 11.8 Å². The summed E-state index contributed by atoms with van der Waals surface area (Å²) in [6.45, 7) is 0. The molecule has 2 rings (SSSR count). The quantitative estimate of drug-likeness (QED) is 0.731. The van der Waals surface area contributed by atoms with Crippen molar-refractivity contribution in [3.63, 3.8) is 0 Å². The lowest BCUT2D eigenvalue weighted by atomic mass is 10.1. The molecule has 6 nitrogen and oxygen atoms in total. The van der Waals surface area contributed by atoms with E-state index in [2.05, 4.69) is 10.6 Å². The smallest absolute Gasteiger partial charge is 0.251 e. The van der Waals surface area contributed by atoms with Crippen molar-refractivity contribution in [3.05, 3.63) is 59.7 Å². The number of ether oxygens (including phenoxy) is 1. The van der Waals surface area contributed by atoms with Gasteiger partial charge in [0.25, 0.3) is 5.91 Å². The maximum Gasteiger partial charge on any atom is 0.251 e. The van der Waals surface area contributed by atoms with E-state index in [0.29, 0.717) is 29.0 Å². The molecule has 0 saturated carbocycles. The molecule has 0 heterocycles. The number of amides is 2. The summed E-state index contributed by atoms with van der Waals surface area (Å²) in [4.78, 5) is 25.1. The third-order valence-corrected chi connectivity index (χ3v) is 4.51. The van der Waals surface area contributed by atoms with Gasteiger partial charge in [-0.05, 0) is 67.0 Å². The molecule has 0 radical (unpaired) electrons. The van der Waals surface area contributed by atoms with Crippen molar-refractivity contribution < 1.29 is 14.3 Å². The van der Waals surface area contributed by atoms with E-state index in [9.17, 15) is 9.59 Å². The molecule has 0 aliphatic heterocycles. The van der Waals surface area contributed by atoms with Gasteiger partial charge in [-0.1, -0.05) is 0 Å². The van der Waals surface area contributed by atoms with Crippen LogP contribution in [0.5, 0.6) is 5.75 Å². The predicted molar refractivity (Wildman–Crippen MR) is 107 cm³/mol. The van der Waals surface area contributed by atoms with E-state index in [1.807, 2.05) is 12.3 Å². The standard InChI is InChI=1S/C20H21N3O3S/c1-26-17-9-5-15(6-10-17)19(24)23-18(11-12-27-2)20(25)22-16-7-3-14(13-21)4-8-16/h3-10,18H,11-12H2,1-2H3,(H,22,25)(H,23,24)/t18-/m1/s1. The highest BCUT2D eigenvalue weighted by Crippen LogP contribution is 2.13. The van der Waals surface area contributed by atoms with Gasteiger partial charge >= 0.3 is 0 Å². The third kappa shape index (κ3) is 6.04. The number of hydrogen-bond donors (Lipinski definition) is 2. The van der Waals surface area contributed by atoms with Crippen LogP contribution in [0.3, 0.4) is 0 Å². The zero-order valence-corrected chi connectivity index (χ0v) is 16.0. The van der Waals surface area contributed by atoms with Gasteiger partial charge in [-0.15, -0.1) is 0 Å². The molecule has 0 aromatic heterocycles. The van der Waals surface area contributed by atoms with E-state index < -0.39 is 6.04 Å². The fourth-order valence-electron chi connectivity index (χ4n) is 2.35. The first-order valence-corrected chi connectivity index (χ1v) is 9.71. The second-order valence-corrected chi connectivity index (χ2v) is 6.70. The Kier molecular flexibility index (Phi) is 7.71. The minimum Gasteiger partial charge on any atom is -0.497 e. The van der Waals surface area contributed by atoms with Crippen LogP contribution < -0.4 is 15.4 Å². The Morgan fingerprint density at radius 2 is 1.81 bits per heavy atom. The van der Waals surface area contributed by atoms with Gasteiger partial charge in [0.15, 0.2) is 0 Å². The molecular weight excluding hydrogens is 362 g/mol. The Hall–Kier alpha value is -2.98. The lowest BCUT2D eigenvalue weighted by molar-refractivity contribution is -0.118. The lowest BCUT2D eigenvalue weighted by Gasteiger charge is -2.18. The number of methoxy groups -OCH3 is 1. The molecule has 2 amide bonds. The highest BCUT2D eigenvalue weighted by Gasteiger charge is 2.21. The lowest BCUT2D eigenvalue weighted by Crippen LogP contribution is -2.44. The first-order chi connectivity index (χ1) is 13.1. The maximum absolute atomic E-state index is 12.6. The van der Waals surface area contributed by atoms with E-state index in [1.54, 1.807) is 67.4 Å². The summed E-state index contributed by atoms with van der Waals surface area (Å²) in [6.07, 6.45) is 2.45. The van der Waals surface area contributed by atoms with Crippen molar-refractivity contribution in [2.45, 2.75) is 12.5 Å². The zero-order chi connectivity index (χ0) is 19.6. The number of anilines is 1. The molecule has 0 aliphatic carbocycles. The van der Waals surface area contributed by atoms with Crippen LogP contribution in [0.15, 0.2) is 48.5 Å². The molecule has 2 N–H and O–H groups in total. The minimum atomic E-state index is -0.664. The normalized spacial score (nSPS) is 11.1. The van der Waals surface area contributed by atoms with Crippen LogP contribution in [0.2, 0.25) is 0 Å². The highest BCUT2D eigenvalue weighted by molar-refractivity contribution is 7.98. The van der Waals surface area contributed by atoms with E-state index in [-0.39, 0.29) is 11.8 Å². The van der Waals surface area contributed by atoms with E-state index in [0.717, 1.165) is 5.75 Å². The summed E-state index contributed by atoms with van der Waals surface area (Å²) in [6, 6.07) is 14.6. The van der Waals surface area contributed by atoms with Crippen molar-refractivity contribution in [1.82, 2.24) is 5.32 Å². The Morgan fingerprint density at radius 1 is 1.15 bits per heavy atom. The van der Waals surface area contributed by atoms with Crippen LogP contribution in [-0.2, 0) is 4.79 Å². The maximum atomic E-state index is 12.6. The Bertz CT molecular complexity index is 814. The van der Waals surface area contributed by atoms with E-state index in [4.69, 9.17) is 10.00 Å². The first kappa shape index (κ1) is 20.3. The van der Waals surface area contributed by atoms with Gasteiger partial charge in [0.1, 0.15) is 11.8 Å².